The number of rotatable bonds is 7. The molecule has 1 aliphatic rings. The Labute approximate surface area is 118 Å². The number of hydrogen-bond donors (Lipinski definition) is 2. The molecule has 112 valence electrons. The standard InChI is InChI=1S/C15H31N3O/c1-12(2)9-14(10-16)15(19)17-11-13(3)18-7-5-4-6-8-18/h12-14H,4-11,16H2,1-3H3,(H,17,19). The fraction of sp³-hybridized carbons (Fsp3) is 0.933. The lowest BCUT2D eigenvalue weighted by molar-refractivity contribution is -0.125. The average Bonchev–Trinajstić information content (AvgIpc) is 2.42. The summed E-state index contributed by atoms with van der Waals surface area (Å²) in [5, 5.41) is 3.08. The van der Waals surface area contributed by atoms with E-state index in [2.05, 4.69) is 31.0 Å². The summed E-state index contributed by atoms with van der Waals surface area (Å²) in [4.78, 5) is 14.6. The quantitative estimate of drug-likeness (QED) is 0.738. The van der Waals surface area contributed by atoms with Gasteiger partial charge in [-0.05, 0) is 45.2 Å². The van der Waals surface area contributed by atoms with Crippen molar-refractivity contribution < 1.29 is 4.79 Å². The normalized spacial score (nSPS) is 20.3. The van der Waals surface area contributed by atoms with Crippen LogP contribution >= 0.6 is 0 Å². The van der Waals surface area contributed by atoms with Gasteiger partial charge in [0.15, 0.2) is 0 Å². The van der Waals surface area contributed by atoms with Crippen molar-refractivity contribution in [3.05, 3.63) is 0 Å². The van der Waals surface area contributed by atoms with Crippen LogP contribution in [0.15, 0.2) is 0 Å². The van der Waals surface area contributed by atoms with E-state index >= 15 is 0 Å². The van der Waals surface area contributed by atoms with Crippen LogP contribution in [0.25, 0.3) is 0 Å². The van der Waals surface area contributed by atoms with Gasteiger partial charge < -0.3 is 11.1 Å². The lowest BCUT2D eigenvalue weighted by Gasteiger charge is -2.32. The first-order chi connectivity index (χ1) is 9.04. The number of carbonyl (C=O) groups excluding carboxylic acids is 1. The van der Waals surface area contributed by atoms with E-state index in [-0.39, 0.29) is 11.8 Å². The van der Waals surface area contributed by atoms with E-state index in [9.17, 15) is 4.79 Å². The van der Waals surface area contributed by atoms with Crippen molar-refractivity contribution in [1.82, 2.24) is 10.2 Å². The molecule has 1 saturated heterocycles. The molecule has 1 heterocycles. The Kier molecular flexibility index (Phi) is 7.39. The zero-order chi connectivity index (χ0) is 14.3. The third-order valence-electron chi connectivity index (χ3n) is 4.00. The van der Waals surface area contributed by atoms with E-state index in [1.807, 2.05) is 0 Å². The van der Waals surface area contributed by atoms with Crippen LogP contribution in [0, 0.1) is 11.8 Å². The average molecular weight is 269 g/mol. The van der Waals surface area contributed by atoms with Crippen LogP contribution in [0.4, 0.5) is 0 Å². The Bertz CT molecular complexity index is 262. The summed E-state index contributed by atoms with van der Waals surface area (Å²) in [5.41, 5.74) is 5.70. The van der Waals surface area contributed by atoms with E-state index in [1.165, 1.54) is 32.4 Å². The van der Waals surface area contributed by atoms with Crippen molar-refractivity contribution in [3.63, 3.8) is 0 Å². The van der Waals surface area contributed by atoms with Gasteiger partial charge in [-0.3, -0.25) is 9.69 Å². The maximum absolute atomic E-state index is 12.1. The highest BCUT2D eigenvalue weighted by Crippen LogP contribution is 2.13. The zero-order valence-corrected chi connectivity index (χ0v) is 12.8. The molecule has 2 unspecified atom stereocenters. The first-order valence-corrected chi connectivity index (χ1v) is 7.76. The van der Waals surface area contributed by atoms with E-state index in [0.29, 0.717) is 18.5 Å². The number of nitrogens with two attached hydrogens (primary N) is 1. The Morgan fingerprint density at radius 3 is 2.37 bits per heavy atom. The second-order valence-corrected chi connectivity index (χ2v) is 6.25. The summed E-state index contributed by atoms with van der Waals surface area (Å²) in [6.45, 7) is 9.99. The lowest BCUT2D eigenvalue weighted by atomic mass is 9.96. The second-order valence-electron chi connectivity index (χ2n) is 6.25. The van der Waals surface area contributed by atoms with E-state index in [1.54, 1.807) is 0 Å². The van der Waals surface area contributed by atoms with Gasteiger partial charge in [0.25, 0.3) is 0 Å². The molecule has 0 spiro atoms. The van der Waals surface area contributed by atoms with Crippen molar-refractivity contribution in [3.8, 4) is 0 Å². The number of nitrogens with zero attached hydrogens (tertiary/aromatic N) is 1. The van der Waals surface area contributed by atoms with Gasteiger partial charge in [-0.25, -0.2) is 0 Å². The van der Waals surface area contributed by atoms with Crippen LogP contribution in [0.1, 0.15) is 46.5 Å². The molecule has 0 aromatic rings. The predicted molar refractivity (Wildman–Crippen MR) is 79.9 cm³/mol. The van der Waals surface area contributed by atoms with Crippen molar-refractivity contribution in [2.24, 2.45) is 17.6 Å². The molecule has 0 aromatic carbocycles. The molecule has 0 aromatic heterocycles. The molecule has 1 amide bonds. The Morgan fingerprint density at radius 2 is 1.84 bits per heavy atom. The topological polar surface area (TPSA) is 58.4 Å². The highest BCUT2D eigenvalue weighted by atomic mass is 16.1. The molecule has 0 aliphatic carbocycles. The second kappa shape index (κ2) is 8.54. The molecule has 1 rings (SSSR count). The fourth-order valence-electron chi connectivity index (χ4n) is 2.76. The zero-order valence-electron chi connectivity index (χ0n) is 12.8. The Morgan fingerprint density at radius 1 is 1.21 bits per heavy atom. The monoisotopic (exact) mass is 269 g/mol. The number of carbonyl (C=O) groups is 1. The predicted octanol–water partition coefficient (Wildman–Crippen LogP) is 1.60. The SMILES string of the molecule is CC(C)CC(CN)C(=O)NCC(C)N1CCCCC1. The molecule has 2 atom stereocenters. The van der Waals surface area contributed by atoms with Gasteiger partial charge in [0.2, 0.25) is 5.91 Å². The minimum atomic E-state index is -0.0337. The summed E-state index contributed by atoms with van der Waals surface area (Å²) >= 11 is 0. The number of hydrogen-bond acceptors (Lipinski definition) is 3. The Balaban J connectivity index is 2.31. The van der Waals surface area contributed by atoms with Crippen molar-refractivity contribution in [2.75, 3.05) is 26.2 Å². The molecule has 0 radical (unpaired) electrons. The summed E-state index contributed by atoms with van der Waals surface area (Å²) in [7, 11) is 0. The van der Waals surface area contributed by atoms with Gasteiger partial charge in [0.1, 0.15) is 0 Å². The van der Waals surface area contributed by atoms with E-state index in [0.717, 1.165) is 13.0 Å². The highest BCUT2D eigenvalue weighted by molar-refractivity contribution is 5.78. The third-order valence-corrected chi connectivity index (χ3v) is 4.00. The largest absolute Gasteiger partial charge is 0.354 e. The number of amides is 1. The molecule has 1 aliphatic heterocycles. The molecule has 0 saturated carbocycles. The first kappa shape index (κ1) is 16.4. The van der Waals surface area contributed by atoms with E-state index < -0.39 is 0 Å². The summed E-state index contributed by atoms with van der Waals surface area (Å²) < 4.78 is 0. The minimum Gasteiger partial charge on any atom is -0.354 e. The maximum atomic E-state index is 12.1. The molecule has 4 heteroatoms. The molecular weight excluding hydrogens is 238 g/mol. The minimum absolute atomic E-state index is 0.0337. The van der Waals surface area contributed by atoms with Gasteiger partial charge in [-0.2, -0.15) is 0 Å². The van der Waals surface area contributed by atoms with Crippen molar-refractivity contribution >= 4 is 5.91 Å². The first-order valence-electron chi connectivity index (χ1n) is 7.76. The van der Waals surface area contributed by atoms with Gasteiger partial charge in [-0.15, -0.1) is 0 Å². The summed E-state index contributed by atoms with van der Waals surface area (Å²) in [5.74, 6) is 0.604. The molecule has 3 N–H and O–H groups in total. The summed E-state index contributed by atoms with van der Waals surface area (Å²) in [6.07, 6.45) is 4.80. The Hall–Kier alpha value is -0.610. The maximum Gasteiger partial charge on any atom is 0.224 e. The lowest BCUT2D eigenvalue weighted by Crippen LogP contribution is -2.46. The number of piperidine rings is 1. The molecule has 19 heavy (non-hydrogen) atoms. The van der Waals surface area contributed by atoms with Crippen LogP contribution in [0.2, 0.25) is 0 Å². The van der Waals surface area contributed by atoms with Gasteiger partial charge in [-0.1, -0.05) is 20.3 Å². The number of nitrogens with one attached hydrogen (secondary N) is 1. The molecule has 1 fully saturated rings. The van der Waals surface area contributed by atoms with Gasteiger partial charge in [0.05, 0.1) is 5.92 Å². The third kappa shape index (κ3) is 5.91. The smallest absolute Gasteiger partial charge is 0.224 e. The van der Waals surface area contributed by atoms with E-state index in [4.69, 9.17) is 5.73 Å². The van der Waals surface area contributed by atoms with Gasteiger partial charge in [0, 0.05) is 19.1 Å². The van der Waals surface area contributed by atoms with Gasteiger partial charge >= 0.3 is 0 Å². The summed E-state index contributed by atoms with van der Waals surface area (Å²) in [6, 6.07) is 0.432. The van der Waals surface area contributed by atoms with Crippen LogP contribution in [-0.2, 0) is 4.79 Å². The number of likely N-dealkylation sites (tertiary alicyclic amines) is 1. The van der Waals surface area contributed by atoms with Crippen LogP contribution in [0.5, 0.6) is 0 Å². The van der Waals surface area contributed by atoms with Crippen molar-refractivity contribution in [1.29, 1.82) is 0 Å². The molecule has 4 nitrogen and oxygen atoms in total. The van der Waals surface area contributed by atoms with Crippen LogP contribution in [0.3, 0.4) is 0 Å². The molecule has 0 bridgehead atoms. The van der Waals surface area contributed by atoms with Crippen LogP contribution in [-0.4, -0.2) is 43.0 Å². The molecular formula is C15H31N3O. The highest BCUT2D eigenvalue weighted by Gasteiger charge is 2.21. The fourth-order valence-corrected chi connectivity index (χ4v) is 2.76. The van der Waals surface area contributed by atoms with Crippen LogP contribution < -0.4 is 11.1 Å². The van der Waals surface area contributed by atoms with Crippen molar-refractivity contribution in [2.45, 2.75) is 52.5 Å².